The summed E-state index contributed by atoms with van der Waals surface area (Å²) in [5, 5.41) is 0. The molecule has 0 radical (unpaired) electrons. The predicted molar refractivity (Wildman–Crippen MR) is 52.1 cm³/mol. The number of hydrogen-bond donors (Lipinski definition) is 0. The summed E-state index contributed by atoms with van der Waals surface area (Å²) in [6.45, 7) is 5.52. The van der Waals surface area contributed by atoms with E-state index in [1.165, 1.54) is 0 Å². The number of ketones is 1. The molecule has 0 spiro atoms. The Bertz CT molecular complexity index is 310. The number of carbonyl (C=O) groups is 2. The monoisotopic (exact) mass is 210 g/mol. The molecule has 15 heavy (non-hydrogen) atoms. The quantitative estimate of drug-likeness (QED) is 0.501. The van der Waals surface area contributed by atoms with E-state index in [2.05, 4.69) is 6.58 Å². The first kappa shape index (κ1) is 10.4. The van der Waals surface area contributed by atoms with Crippen molar-refractivity contribution in [2.45, 2.75) is 38.1 Å². The van der Waals surface area contributed by atoms with Crippen LogP contribution in [-0.4, -0.2) is 30.1 Å². The lowest BCUT2D eigenvalue weighted by Gasteiger charge is -2.31. The standard InChI is InChI=1S/C11H14O4/c1-3-6(2)11-7(12)4-8-9(15-11)5-10(13)14-8/h3,6,8-9,11H,1,4-5H2,2H3/t6-,8-,9-,11+/m1/s1. The molecular weight excluding hydrogens is 196 g/mol. The van der Waals surface area contributed by atoms with Gasteiger partial charge >= 0.3 is 5.97 Å². The van der Waals surface area contributed by atoms with Gasteiger partial charge in [0, 0.05) is 12.3 Å². The Morgan fingerprint density at radius 3 is 2.80 bits per heavy atom. The third kappa shape index (κ3) is 1.81. The highest BCUT2D eigenvalue weighted by molar-refractivity contribution is 5.86. The van der Waals surface area contributed by atoms with Crippen LogP contribution in [0.5, 0.6) is 0 Å². The fourth-order valence-corrected chi connectivity index (χ4v) is 2.02. The Morgan fingerprint density at radius 2 is 2.13 bits per heavy atom. The first-order valence-corrected chi connectivity index (χ1v) is 5.12. The molecule has 0 aromatic heterocycles. The Morgan fingerprint density at radius 1 is 1.40 bits per heavy atom. The summed E-state index contributed by atoms with van der Waals surface area (Å²) < 4.78 is 10.6. The van der Waals surface area contributed by atoms with Crippen LogP contribution in [0, 0.1) is 5.92 Å². The Hall–Kier alpha value is -1.16. The summed E-state index contributed by atoms with van der Waals surface area (Å²) in [4.78, 5) is 22.7. The molecule has 0 unspecified atom stereocenters. The van der Waals surface area contributed by atoms with Crippen LogP contribution in [0.4, 0.5) is 0 Å². The summed E-state index contributed by atoms with van der Waals surface area (Å²) in [6.07, 6.45) is 1.16. The molecule has 4 heteroatoms. The van der Waals surface area contributed by atoms with Crippen LogP contribution < -0.4 is 0 Å². The molecule has 2 aliphatic heterocycles. The number of rotatable bonds is 2. The first-order valence-electron chi connectivity index (χ1n) is 5.12. The van der Waals surface area contributed by atoms with Crippen LogP contribution in [0.25, 0.3) is 0 Å². The number of ether oxygens (including phenoxy) is 2. The van der Waals surface area contributed by atoms with E-state index in [0.29, 0.717) is 0 Å². The molecule has 2 rings (SSSR count). The second-order valence-corrected chi connectivity index (χ2v) is 4.09. The van der Waals surface area contributed by atoms with Gasteiger partial charge in [-0.25, -0.2) is 0 Å². The van der Waals surface area contributed by atoms with Gasteiger partial charge in [0.1, 0.15) is 18.3 Å². The fourth-order valence-electron chi connectivity index (χ4n) is 2.02. The van der Waals surface area contributed by atoms with Gasteiger partial charge in [-0.3, -0.25) is 9.59 Å². The van der Waals surface area contributed by atoms with E-state index in [1.54, 1.807) is 6.08 Å². The van der Waals surface area contributed by atoms with E-state index in [4.69, 9.17) is 9.47 Å². The molecule has 0 amide bonds. The molecule has 2 heterocycles. The smallest absolute Gasteiger partial charge is 0.308 e. The second kappa shape index (κ2) is 3.77. The molecule has 0 aromatic carbocycles. The topological polar surface area (TPSA) is 52.6 Å². The zero-order chi connectivity index (χ0) is 11.0. The van der Waals surface area contributed by atoms with Crippen LogP contribution in [0.1, 0.15) is 19.8 Å². The van der Waals surface area contributed by atoms with Crippen molar-refractivity contribution < 1.29 is 19.1 Å². The van der Waals surface area contributed by atoms with Gasteiger partial charge in [0.15, 0.2) is 5.78 Å². The maximum atomic E-state index is 11.7. The predicted octanol–water partition coefficient (Wildman–Crippen LogP) is 0.851. The Labute approximate surface area is 88.2 Å². The Balaban J connectivity index is 2.09. The largest absolute Gasteiger partial charge is 0.459 e. The average molecular weight is 210 g/mol. The van der Waals surface area contributed by atoms with E-state index >= 15 is 0 Å². The molecule has 4 nitrogen and oxygen atoms in total. The van der Waals surface area contributed by atoms with Gasteiger partial charge in [-0.05, 0) is 0 Å². The highest BCUT2D eigenvalue weighted by atomic mass is 16.6. The highest BCUT2D eigenvalue weighted by Gasteiger charge is 2.45. The Kier molecular flexibility index (Phi) is 2.61. The van der Waals surface area contributed by atoms with E-state index in [0.717, 1.165) is 0 Å². The van der Waals surface area contributed by atoms with Gasteiger partial charge in [-0.15, -0.1) is 6.58 Å². The van der Waals surface area contributed by atoms with Crippen molar-refractivity contribution in [3.05, 3.63) is 12.7 Å². The number of hydrogen-bond acceptors (Lipinski definition) is 4. The molecule has 0 saturated carbocycles. The summed E-state index contributed by atoms with van der Waals surface area (Å²) in [6, 6.07) is 0. The minimum Gasteiger partial charge on any atom is -0.459 e. The van der Waals surface area contributed by atoms with Gasteiger partial charge < -0.3 is 9.47 Å². The minimum atomic E-state index is -0.460. The molecule has 0 aliphatic carbocycles. The van der Waals surface area contributed by atoms with Crippen LogP contribution in [0.2, 0.25) is 0 Å². The van der Waals surface area contributed by atoms with Crippen molar-refractivity contribution in [3.8, 4) is 0 Å². The molecule has 82 valence electrons. The lowest BCUT2D eigenvalue weighted by atomic mass is 9.92. The fraction of sp³-hybridized carbons (Fsp3) is 0.636. The van der Waals surface area contributed by atoms with Crippen LogP contribution >= 0.6 is 0 Å². The lowest BCUT2D eigenvalue weighted by Crippen LogP contribution is -2.45. The number of carbonyl (C=O) groups excluding carboxylic acids is 2. The van der Waals surface area contributed by atoms with Gasteiger partial charge in [-0.1, -0.05) is 13.0 Å². The molecule has 2 saturated heterocycles. The summed E-state index contributed by atoms with van der Waals surface area (Å²) in [7, 11) is 0. The van der Waals surface area contributed by atoms with E-state index in [1.807, 2.05) is 6.92 Å². The van der Waals surface area contributed by atoms with E-state index in [9.17, 15) is 9.59 Å². The van der Waals surface area contributed by atoms with Crippen LogP contribution in [0.15, 0.2) is 12.7 Å². The molecule has 0 bridgehead atoms. The molecule has 2 fully saturated rings. The van der Waals surface area contributed by atoms with Gasteiger partial charge in [0.2, 0.25) is 0 Å². The lowest BCUT2D eigenvalue weighted by molar-refractivity contribution is -0.158. The van der Waals surface area contributed by atoms with Gasteiger partial charge in [0.05, 0.1) is 6.42 Å². The van der Waals surface area contributed by atoms with Crippen LogP contribution in [-0.2, 0) is 19.1 Å². The molecule has 0 aromatic rings. The van der Waals surface area contributed by atoms with Crippen molar-refractivity contribution in [1.82, 2.24) is 0 Å². The second-order valence-electron chi connectivity index (χ2n) is 4.09. The highest BCUT2D eigenvalue weighted by Crippen LogP contribution is 2.30. The van der Waals surface area contributed by atoms with Crippen molar-refractivity contribution >= 4 is 11.8 Å². The molecule has 4 atom stereocenters. The van der Waals surface area contributed by atoms with Crippen molar-refractivity contribution in [2.24, 2.45) is 5.92 Å². The summed E-state index contributed by atoms with van der Waals surface area (Å²) in [5.41, 5.74) is 0. The van der Waals surface area contributed by atoms with Crippen molar-refractivity contribution in [1.29, 1.82) is 0 Å². The van der Waals surface area contributed by atoms with Gasteiger partial charge in [-0.2, -0.15) is 0 Å². The first-order chi connectivity index (χ1) is 7.11. The maximum Gasteiger partial charge on any atom is 0.308 e. The summed E-state index contributed by atoms with van der Waals surface area (Å²) >= 11 is 0. The van der Waals surface area contributed by atoms with Crippen LogP contribution in [0.3, 0.4) is 0 Å². The van der Waals surface area contributed by atoms with E-state index in [-0.39, 0.29) is 42.7 Å². The zero-order valence-corrected chi connectivity index (χ0v) is 8.64. The third-order valence-corrected chi connectivity index (χ3v) is 2.96. The minimum absolute atomic E-state index is 0.00153. The SMILES string of the molecule is C=C[C@@H](C)[C@@H]1O[C@@H]2CC(=O)O[C@@H]2CC1=O. The molecular formula is C11H14O4. The normalized spacial score (nSPS) is 37.0. The number of Topliss-reactive ketones (excluding diaryl/α,β-unsaturated/α-hetero) is 1. The average Bonchev–Trinajstić information content (AvgIpc) is 2.55. The van der Waals surface area contributed by atoms with Crippen molar-refractivity contribution in [3.63, 3.8) is 0 Å². The molecule has 0 N–H and O–H groups in total. The van der Waals surface area contributed by atoms with E-state index < -0.39 is 6.10 Å². The molecule has 2 aliphatic rings. The number of esters is 1. The number of fused-ring (bicyclic) bond motifs is 1. The van der Waals surface area contributed by atoms with Gasteiger partial charge in [0.25, 0.3) is 0 Å². The third-order valence-electron chi connectivity index (χ3n) is 2.96. The zero-order valence-electron chi connectivity index (χ0n) is 8.64. The maximum absolute atomic E-state index is 11.7. The van der Waals surface area contributed by atoms with Crippen molar-refractivity contribution in [2.75, 3.05) is 0 Å². The summed E-state index contributed by atoms with van der Waals surface area (Å²) in [5.74, 6) is -0.294.